The van der Waals surface area contributed by atoms with Crippen LogP contribution in [0.15, 0.2) is 42.6 Å². The summed E-state index contributed by atoms with van der Waals surface area (Å²) in [4.78, 5) is 15.0. The molecule has 4 nitrogen and oxygen atoms in total. The van der Waals surface area contributed by atoms with Crippen LogP contribution in [0.4, 0.5) is 23.2 Å². The lowest BCUT2D eigenvalue weighted by molar-refractivity contribution is -0.141. The first kappa shape index (κ1) is 19.7. The molecule has 8 heteroatoms. The fourth-order valence-electron chi connectivity index (χ4n) is 2.20. The highest BCUT2D eigenvalue weighted by Gasteiger charge is 2.32. The van der Waals surface area contributed by atoms with Gasteiger partial charge in [-0.05, 0) is 43.5 Å². The summed E-state index contributed by atoms with van der Waals surface area (Å²) in [5, 5.41) is 2.43. The van der Waals surface area contributed by atoms with Crippen molar-refractivity contribution in [3.05, 3.63) is 54.1 Å². The van der Waals surface area contributed by atoms with Crippen LogP contribution in [-0.2, 0) is 11.0 Å². The number of hydrogen-bond acceptors (Lipinski definition) is 3. The number of nitrogens with one attached hydrogen (secondary N) is 1. The zero-order valence-corrected chi connectivity index (χ0v) is 13.9. The number of anilines is 1. The zero-order valence-electron chi connectivity index (χ0n) is 13.9. The molecule has 0 aliphatic rings. The van der Waals surface area contributed by atoms with Gasteiger partial charge in [-0.15, -0.1) is 0 Å². The Hall–Kier alpha value is -2.64. The van der Waals surface area contributed by atoms with Gasteiger partial charge in [0.1, 0.15) is 17.3 Å². The van der Waals surface area contributed by atoms with Crippen molar-refractivity contribution in [2.45, 2.75) is 31.9 Å². The monoisotopic (exact) mass is 370 g/mol. The van der Waals surface area contributed by atoms with Crippen molar-refractivity contribution in [3.8, 4) is 5.75 Å². The fraction of sp³-hybridized carbons (Fsp3) is 0.333. The zero-order chi connectivity index (χ0) is 19.0. The summed E-state index contributed by atoms with van der Waals surface area (Å²) in [5.41, 5.74) is -0.989. The predicted octanol–water partition coefficient (Wildman–Crippen LogP) is 4.82. The predicted molar refractivity (Wildman–Crippen MR) is 88.2 cm³/mol. The van der Waals surface area contributed by atoms with E-state index in [-0.39, 0.29) is 23.8 Å². The second kappa shape index (κ2) is 9.17. The first-order chi connectivity index (χ1) is 12.3. The van der Waals surface area contributed by atoms with Gasteiger partial charge in [0, 0.05) is 24.4 Å². The Labute approximate surface area is 148 Å². The normalized spacial score (nSPS) is 11.2. The molecule has 0 fully saturated rings. The number of alkyl halides is 3. The average molecular weight is 370 g/mol. The lowest BCUT2D eigenvalue weighted by atomic mass is 10.2. The SMILES string of the molecule is O=C(CCCCCOc1cccc(F)c1)Nc1ccnc(C(F)(F)F)c1. The molecular formula is C18H18F4N2O2. The number of carbonyl (C=O) groups excluding carboxylic acids is 1. The van der Waals surface area contributed by atoms with E-state index in [9.17, 15) is 22.4 Å². The van der Waals surface area contributed by atoms with Gasteiger partial charge in [-0.1, -0.05) is 6.07 Å². The molecule has 1 aromatic heterocycles. The molecule has 140 valence electrons. The van der Waals surface area contributed by atoms with Crippen molar-refractivity contribution in [1.82, 2.24) is 4.98 Å². The van der Waals surface area contributed by atoms with Gasteiger partial charge in [-0.2, -0.15) is 13.2 Å². The van der Waals surface area contributed by atoms with Gasteiger partial charge in [-0.3, -0.25) is 9.78 Å². The van der Waals surface area contributed by atoms with Crippen LogP contribution in [0.25, 0.3) is 0 Å². The maximum atomic E-state index is 13.0. The largest absolute Gasteiger partial charge is 0.493 e. The molecule has 2 rings (SSSR count). The molecular weight excluding hydrogens is 352 g/mol. The fourth-order valence-corrected chi connectivity index (χ4v) is 2.20. The van der Waals surface area contributed by atoms with Crippen molar-refractivity contribution < 1.29 is 27.1 Å². The van der Waals surface area contributed by atoms with Gasteiger partial charge in [0.05, 0.1) is 6.61 Å². The Bertz CT molecular complexity index is 735. The molecule has 0 bridgehead atoms. The summed E-state index contributed by atoms with van der Waals surface area (Å²) < 4.78 is 56.0. The molecule has 26 heavy (non-hydrogen) atoms. The van der Waals surface area contributed by atoms with Crippen LogP contribution in [-0.4, -0.2) is 17.5 Å². The molecule has 0 aliphatic heterocycles. The molecule has 1 aromatic carbocycles. The van der Waals surface area contributed by atoms with Crippen LogP contribution in [0.2, 0.25) is 0 Å². The molecule has 0 spiro atoms. The van der Waals surface area contributed by atoms with Crippen molar-refractivity contribution in [3.63, 3.8) is 0 Å². The lowest BCUT2D eigenvalue weighted by Gasteiger charge is -2.09. The van der Waals surface area contributed by atoms with Crippen molar-refractivity contribution >= 4 is 11.6 Å². The molecule has 0 radical (unpaired) electrons. The molecule has 0 unspecified atom stereocenters. The number of amides is 1. The van der Waals surface area contributed by atoms with Gasteiger partial charge in [0.15, 0.2) is 0 Å². The highest BCUT2D eigenvalue weighted by Crippen LogP contribution is 2.28. The van der Waals surface area contributed by atoms with E-state index in [2.05, 4.69) is 10.3 Å². The highest BCUT2D eigenvalue weighted by molar-refractivity contribution is 5.90. The molecule has 0 saturated carbocycles. The van der Waals surface area contributed by atoms with Crippen LogP contribution in [0.3, 0.4) is 0 Å². The van der Waals surface area contributed by atoms with E-state index in [4.69, 9.17) is 4.74 Å². The van der Waals surface area contributed by atoms with Crippen LogP contribution < -0.4 is 10.1 Å². The number of nitrogens with zero attached hydrogens (tertiary/aromatic N) is 1. The van der Waals surface area contributed by atoms with E-state index in [1.807, 2.05) is 0 Å². The smallest absolute Gasteiger partial charge is 0.433 e. The molecule has 0 saturated heterocycles. The third-order valence-electron chi connectivity index (χ3n) is 3.45. The first-order valence-electron chi connectivity index (χ1n) is 8.06. The Balaban J connectivity index is 1.65. The number of rotatable bonds is 8. The maximum Gasteiger partial charge on any atom is 0.433 e. The van der Waals surface area contributed by atoms with Gasteiger partial charge >= 0.3 is 6.18 Å². The van der Waals surface area contributed by atoms with E-state index in [1.54, 1.807) is 12.1 Å². The highest BCUT2D eigenvalue weighted by atomic mass is 19.4. The second-order valence-electron chi connectivity index (χ2n) is 5.59. The third-order valence-corrected chi connectivity index (χ3v) is 3.45. The Morgan fingerprint density at radius 1 is 1.12 bits per heavy atom. The number of hydrogen-bond donors (Lipinski definition) is 1. The van der Waals surface area contributed by atoms with Crippen LogP contribution >= 0.6 is 0 Å². The van der Waals surface area contributed by atoms with E-state index in [0.717, 1.165) is 12.3 Å². The minimum atomic E-state index is -4.55. The van der Waals surface area contributed by atoms with Gasteiger partial charge in [0.2, 0.25) is 5.91 Å². The van der Waals surface area contributed by atoms with E-state index in [0.29, 0.717) is 31.6 Å². The summed E-state index contributed by atoms with van der Waals surface area (Å²) in [6, 6.07) is 7.92. The minimum absolute atomic E-state index is 0.0618. The number of aromatic nitrogens is 1. The number of ether oxygens (including phenoxy) is 1. The minimum Gasteiger partial charge on any atom is -0.493 e. The molecule has 1 N–H and O–H groups in total. The summed E-state index contributed by atoms with van der Waals surface area (Å²) in [6.45, 7) is 0.393. The first-order valence-corrected chi connectivity index (χ1v) is 8.06. The maximum absolute atomic E-state index is 13.0. The van der Waals surface area contributed by atoms with Crippen LogP contribution in [0.1, 0.15) is 31.4 Å². The summed E-state index contributed by atoms with van der Waals surface area (Å²) in [6.07, 6.45) is -1.42. The van der Waals surface area contributed by atoms with Gasteiger partial charge < -0.3 is 10.1 Å². The summed E-state index contributed by atoms with van der Waals surface area (Å²) >= 11 is 0. The summed E-state index contributed by atoms with van der Waals surface area (Å²) in [7, 11) is 0. The Kier molecular flexibility index (Phi) is 6.94. The number of carbonyl (C=O) groups is 1. The van der Waals surface area contributed by atoms with Gasteiger partial charge in [0.25, 0.3) is 0 Å². The topological polar surface area (TPSA) is 51.2 Å². The van der Waals surface area contributed by atoms with Crippen LogP contribution in [0, 0.1) is 5.82 Å². The van der Waals surface area contributed by atoms with E-state index < -0.39 is 11.9 Å². The number of benzene rings is 1. The lowest BCUT2D eigenvalue weighted by Crippen LogP contribution is -2.13. The molecule has 2 aromatic rings. The van der Waals surface area contributed by atoms with Crippen molar-refractivity contribution in [2.24, 2.45) is 0 Å². The Morgan fingerprint density at radius 3 is 2.65 bits per heavy atom. The second-order valence-corrected chi connectivity index (χ2v) is 5.59. The van der Waals surface area contributed by atoms with E-state index >= 15 is 0 Å². The average Bonchev–Trinajstić information content (AvgIpc) is 2.57. The molecule has 0 atom stereocenters. The Morgan fingerprint density at radius 2 is 1.92 bits per heavy atom. The molecule has 1 amide bonds. The van der Waals surface area contributed by atoms with Crippen molar-refractivity contribution in [2.75, 3.05) is 11.9 Å². The van der Waals surface area contributed by atoms with E-state index in [1.165, 1.54) is 18.2 Å². The number of halogens is 4. The third kappa shape index (κ3) is 6.70. The summed E-state index contributed by atoms with van der Waals surface area (Å²) in [5.74, 6) is -0.291. The standard InChI is InChI=1S/C18H18F4N2O2/c19-13-5-4-6-15(11-13)26-10-3-1-2-7-17(25)24-14-8-9-23-16(12-14)18(20,21)22/h4-6,8-9,11-12H,1-3,7,10H2,(H,23,24,25). The van der Waals surface area contributed by atoms with Gasteiger partial charge in [-0.25, -0.2) is 4.39 Å². The van der Waals surface area contributed by atoms with Crippen LogP contribution in [0.5, 0.6) is 5.75 Å². The number of pyridine rings is 1. The molecule has 1 heterocycles. The van der Waals surface area contributed by atoms with Crippen molar-refractivity contribution in [1.29, 1.82) is 0 Å². The quantitative estimate of drug-likeness (QED) is 0.536. The molecule has 0 aliphatic carbocycles. The number of unbranched alkanes of at least 4 members (excludes halogenated alkanes) is 2.